The van der Waals surface area contributed by atoms with Crippen molar-refractivity contribution in [1.82, 2.24) is 4.90 Å². The van der Waals surface area contributed by atoms with Crippen LogP contribution in [0.5, 0.6) is 11.5 Å². The van der Waals surface area contributed by atoms with E-state index in [9.17, 15) is 14.9 Å². The molecule has 30 heavy (non-hydrogen) atoms. The van der Waals surface area contributed by atoms with Crippen LogP contribution < -0.4 is 9.47 Å². The number of likely N-dealkylation sites (tertiary alicyclic amines) is 1. The maximum atomic E-state index is 12.6. The summed E-state index contributed by atoms with van der Waals surface area (Å²) >= 11 is 0. The highest BCUT2D eigenvalue weighted by Crippen LogP contribution is 2.37. The molecule has 1 atom stereocenters. The number of nitro groups is 1. The molecule has 2 aromatic rings. The van der Waals surface area contributed by atoms with Crippen LogP contribution in [-0.2, 0) is 11.3 Å². The van der Waals surface area contributed by atoms with Crippen molar-refractivity contribution in [3.05, 3.63) is 63.7 Å². The Bertz CT molecular complexity index is 939. The van der Waals surface area contributed by atoms with Gasteiger partial charge in [0.2, 0.25) is 5.91 Å². The molecule has 1 aliphatic carbocycles. The van der Waals surface area contributed by atoms with E-state index in [0.717, 1.165) is 24.2 Å². The van der Waals surface area contributed by atoms with Crippen LogP contribution >= 0.6 is 0 Å². The first kappa shape index (κ1) is 20.2. The zero-order valence-electron chi connectivity index (χ0n) is 17.1. The van der Waals surface area contributed by atoms with Gasteiger partial charge in [0.05, 0.1) is 24.7 Å². The summed E-state index contributed by atoms with van der Waals surface area (Å²) in [4.78, 5) is 25.2. The van der Waals surface area contributed by atoms with Gasteiger partial charge in [0.1, 0.15) is 0 Å². The average molecular weight is 410 g/mol. The van der Waals surface area contributed by atoms with Crippen molar-refractivity contribution < 1.29 is 19.2 Å². The van der Waals surface area contributed by atoms with E-state index in [1.807, 2.05) is 18.2 Å². The van der Waals surface area contributed by atoms with Crippen molar-refractivity contribution in [3.63, 3.8) is 0 Å². The number of carbonyl (C=O) groups is 1. The van der Waals surface area contributed by atoms with E-state index in [2.05, 4.69) is 0 Å². The number of para-hydroxylation sites is 1. The summed E-state index contributed by atoms with van der Waals surface area (Å²) in [7, 11) is 1.63. The van der Waals surface area contributed by atoms with Crippen LogP contribution in [0.4, 0.5) is 5.69 Å². The van der Waals surface area contributed by atoms with Gasteiger partial charge in [-0.2, -0.15) is 0 Å². The van der Waals surface area contributed by atoms with Crippen molar-refractivity contribution in [1.29, 1.82) is 0 Å². The lowest BCUT2D eigenvalue weighted by Gasteiger charge is -2.19. The summed E-state index contributed by atoms with van der Waals surface area (Å²) in [5, 5.41) is 11.3. The molecule has 4 rings (SSSR count). The first-order valence-electron chi connectivity index (χ1n) is 10.4. The molecule has 1 saturated carbocycles. The lowest BCUT2D eigenvalue weighted by Crippen LogP contribution is -2.24. The lowest BCUT2D eigenvalue weighted by atomic mass is 9.98. The Labute approximate surface area is 175 Å². The third-order valence-corrected chi connectivity index (χ3v) is 6.02. The first-order chi connectivity index (χ1) is 14.5. The molecule has 2 aliphatic rings. The molecular weight excluding hydrogens is 384 g/mol. The summed E-state index contributed by atoms with van der Waals surface area (Å²) in [6.45, 7) is 0.772. The van der Waals surface area contributed by atoms with Gasteiger partial charge >= 0.3 is 0 Å². The number of benzene rings is 2. The zero-order chi connectivity index (χ0) is 21.1. The maximum absolute atomic E-state index is 12.6. The van der Waals surface area contributed by atoms with Crippen LogP contribution in [-0.4, -0.2) is 35.5 Å². The monoisotopic (exact) mass is 410 g/mol. The van der Waals surface area contributed by atoms with Crippen molar-refractivity contribution in [3.8, 4) is 11.5 Å². The number of hydrogen-bond donors (Lipinski definition) is 0. The van der Waals surface area contributed by atoms with Gasteiger partial charge in [0.25, 0.3) is 5.69 Å². The summed E-state index contributed by atoms with van der Waals surface area (Å²) in [6, 6.07) is 12.4. The maximum Gasteiger partial charge on any atom is 0.274 e. The Morgan fingerprint density at radius 3 is 2.63 bits per heavy atom. The smallest absolute Gasteiger partial charge is 0.274 e. The fourth-order valence-corrected chi connectivity index (χ4v) is 4.40. The average Bonchev–Trinajstić information content (AvgIpc) is 3.38. The Morgan fingerprint density at radius 2 is 1.90 bits per heavy atom. The minimum absolute atomic E-state index is 0.00669. The molecule has 0 spiro atoms. The number of hydrogen-bond acceptors (Lipinski definition) is 5. The number of nitro benzene ring substituents is 1. The van der Waals surface area contributed by atoms with Crippen molar-refractivity contribution >= 4 is 11.6 Å². The van der Waals surface area contributed by atoms with E-state index in [-0.39, 0.29) is 30.2 Å². The predicted molar refractivity (Wildman–Crippen MR) is 112 cm³/mol. The zero-order valence-corrected chi connectivity index (χ0v) is 17.1. The molecule has 7 nitrogen and oxygen atoms in total. The molecule has 1 heterocycles. The number of methoxy groups -OCH3 is 1. The lowest BCUT2D eigenvalue weighted by molar-refractivity contribution is -0.385. The summed E-state index contributed by atoms with van der Waals surface area (Å²) in [5.74, 6) is 1.46. The van der Waals surface area contributed by atoms with Gasteiger partial charge in [0, 0.05) is 30.5 Å². The highest BCUT2D eigenvalue weighted by atomic mass is 16.6. The van der Waals surface area contributed by atoms with Crippen LogP contribution in [0.15, 0.2) is 42.5 Å². The van der Waals surface area contributed by atoms with Gasteiger partial charge in [-0.05, 0) is 43.4 Å². The summed E-state index contributed by atoms with van der Waals surface area (Å²) in [5.41, 5.74) is 1.63. The third kappa shape index (κ3) is 4.25. The van der Waals surface area contributed by atoms with Gasteiger partial charge in [-0.25, -0.2) is 0 Å². The second-order valence-corrected chi connectivity index (χ2v) is 8.00. The Kier molecular flexibility index (Phi) is 5.88. The molecule has 0 radical (unpaired) electrons. The molecule has 1 aliphatic heterocycles. The predicted octanol–water partition coefficient (Wildman–Crippen LogP) is 4.44. The third-order valence-electron chi connectivity index (χ3n) is 6.02. The van der Waals surface area contributed by atoms with E-state index in [1.165, 1.54) is 18.9 Å². The van der Waals surface area contributed by atoms with Crippen LogP contribution in [0.1, 0.15) is 49.1 Å². The van der Waals surface area contributed by atoms with E-state index in [4.69, 9.17) is 9.47 Å². The van der Waals surface area contributed by atoms with E-state index >= 15 is 0 Å². The number of nitrogens with zero attached hydrogens (tertiary/aromatic N) is 2. The van der Waals surface area contributed by atoms with Gasteiger partial charge in [-0.15, -0.1) is 0 Å². The van der Waals surface area contributed by atoms with Crippen LogP contribution in [0.2, 0.25) is 0 Å². The molecule has 2 fully saturated rings. The number of amides is 1. The molecule has 0 bridgehead atoms. The van der Waals surface area contributed by atoms with Gasteiger partial charge < -0.3 is 14.4 Å². The quantitative estimate of drug-likeness (QED) is 0.498. The Balaban J connectivity index is 1.50. The topological polar surface area (TPSA) is 81.9 Å². The fraction of sp³-hybridized carbons (Fsp3) is 0.435. The number of carbonyl (C=O) groups excluding carboxylic acids is 1. The summed E-state index contributed by atoms with van der Waals surface area (Å²) in [6.07, 6.45) is 5.08. The minimum atomic E-state index is -0.399. The molecular formula is C23H26N2O5. The van der Waals surface area contributed by atoms with Gasteiger partial charge in [-0.3, -0.25) is 14.9 Å². The fourth-order valence-electron chi connectivity index (χ4n) is 4.40. The van der Waals surface area contributed by atoms with Crippen molar-refractivity contribution in [2.45, 2.75) is 50.7 Å². The molecule has 1 amide bonds. The van der Waals surface area contributed by atoms with Crippen molar-refractivity contribution in [2.24, 2.45) is 0 Å². The van der Waals surface area contributed by atoms with Crippen LogP contribution in [0, 0.1) is 10.1 Å². The van der Waals surface area contributed by atoms with Crippen LogP contribution in [0.25, 0.3) is 0 Å². The normalized spacial score (nSPS) is 19.3. The van der Waals surface area contributed by atoms with E-state index in [1.54, 1.807) is 30.2 Å². The minimum Gasteiger partial charge on any atom is -0.493 e. The molecule has 0 unspecified atom stereocenters. The largest absolute Gasteiger partial charge is 0.493 e. The molecule has 0 N–H and O–H groups in total. The first-order valence-corrected chi connectivity index (χ1v) is 10.4. The van der Waals surface area contributed by atoms with Gasteiger partial charge in [-0.1, -0.05) is 24.3 Å². The highest BCUT2D eigenvalue weighted by molar-refractivity contribution is 5.80. The second kappa shape index (κ2) is 8.73. The molecule has 1 saturated heterocycles. The van der Waals surface area contributed by atoms with Crippen molar-refractivity contribution in [2.75, 3.05) is 13.7 Å². The van der Waals surface area contributed by atoms with E-state index in [0.29, 0.717) is 24.3 Å². The SMILES string of the molecule is COc1ccc([C@H]2CC(=O)N(Cc3ccccc3[N+](=O)[O-])C2)cc1OC1CCCC1. The van der Waals surface area contributed by atoms with E-state index < -0.39 is 4.92 Å². The number of ether oxygens (including phenoxy) is 2. The highest BCUT2D eigenvalue weighted by Gasteiger charge is 2.32. The Morgan fingerprint density at radius 1 is 1.13 bits per heavy atom. The number of rotatable bonds is 7. The molecule has 0 aromatic heterocycles. The van der Waals surface area contributed by atoms with Crippen LogP contribution in [0.3, 0.4) is 0 Å². The standard InChI is InChI=1S/C23H26N2O5/c1-29-21-11-10-16(12-22(21)30-19-7-3-4-8-19)18-13-23(26)24(15-18)14-17-6-2-5-9-20(17)25(27)28/h2,5-6,9-12,18-19H,3-4,7-8,13-15H2,1H3/t18-/m0/s1. The molecule has 158 valence electrons. The molecule has 7 heteroatoms. The molecule has 2 aromatic carbocycles. The second-order valence-electron chi connectivity index (χ2n) is 8.00. The Hall–Kier alpha value is -3.09. The van der Waals surface area contributed by atoms with Gasteiger partial charge in [0.15, 0.2) is 11.5 Å². The summed E-state index contributed by atoms with van der Waals surface area (Å²) < 4.78 is 11.7.